The molecule has 0 spiro atoms. The number of fused-ring (bicyclic) bond motifs is 1. The zero-order valence-electron chi connectivity index (χ0n) is 37.4. The second-order valence-corrected chi connectivity index (χ2v) is 22.9. The summed E-state index contributed by atoms with van der Waals surface area (Å²) in [6, 6.07) is 33.9. The molecular formula is C47H55N5O10PSi+. The summed E-state index contributed by atoms with van der Waals surface area (Å²) in [6.07, 6.45) is -2.71. The summed E-state index contributed by atoms with van der Waals surface area (Å²) in [5.74, 6) is 0.855. The van der Waals surface area contributed by atoms with E-state index in [4.69, 9.17) is 32.4 Å². The number of anilines is 1. The van der Waals surface area contributed by atoms with Gasteiger partial charge in [0.1, 0.15) is 29.3 Å². The Morgan fingerprint density at radius 1 is 0.844 bits per heavy atom. The van der Waals surface area contributed by atoms with E-state index in [2.05, 4.69) is 54.1 Å². The average Bonchev–Trinajstić information content (AvgIpc) is 3.85. The molecule has 1 aliphatic rings. The normalized spacial score (nSPS) is 18.2. The van der Waals surface area contributed by atoms with Gasteiger partial charge in [0, 0.05) is 10.5 Å². The maximum atomic E-state index is 14.0. The van der Waals surface area contributed by atoms with E-state index >= 15 is 0 Å². The van der Waals surface area contributed by atoms with E-state index < -0.39 is 58.2 Å². The number of carbonyl (C=O) groups is 1. The van der Waals surface area contributed by atoms with E-state index in [0.29, 0.717) is 17.2 Å². The van der Waals surface area contributed by atoms with Crippen molar-refractivity contribution in [3.63, 3.8) is 0 Å². The van der Waals surface area contributed by atoms with Crippen LogP contribution in [-0.4, -0.2) is 72.9 Å². The lowest BCUT2D eigenvalue weighted by molar-refractivity contribution is -0.118. The van der Waals surface area contributed by atoms with Gasteiger partial charge in [-0.25, -0.2) is 9.51 Å². The molecule has 6 aromatic rings. The van der Waals surface area contributed by atoms with E-state index in [-0.39, 0.29) is 34.7 Å². The molecule has 2 aromatic heterocycles. The predicted molar refractivity (Wildman–Crippen MR) is 245 cm³/mol. The van der Waals surface area contributed by atoms with Gasteiger partial charge in [-0.1, -0.05) is 107 Å². The lowest BCUT2D eigenvalue weighted by atomic mass is 9.80. The molecule has 17 heteroatoms. The van der Waals surface area contributed by atoms with Crippen molar-refractivity contribution >= 4 is 39.6 Å². The zero-order valence-corrected chi connectivity index (χ0v) is 39.3. The molecule has 336 valence electrons. The number of hydrogen-bond acceptors (Lipinski definition) is 12. The number of amides is 1. The number of benzene rings is 4. The molecule has 64 heavy (non-hydrogen) atoms. The fourth-order valence-corrected chi connectivity index (χ4v) is 9.32. The zero-order chi connectivity index (χ0) is 45.8. The molecule has 15 nitrogen and oxygen atoms in total. The smallest absolute Gasteiger partial charge is 0.497 e. The summed E-state index contributed by atoms with van der Waals surface area (Å²) in [6.45, 7) is 13.9. The molecule has 0 aliphatic carbocycles. The quantitative estimate of drug-likeness (QED) is 0.0505. The van der Waals surface area contributed by atoms with Gasteiger partial charge in [0.15, 0.2) is 37.6 Å². The van der Waals surface area contributed by atoms with E-state index in [1.807, 2.05) is 84.9 Å². The van der Waals surface area contributed by atoms with Gasteiger partial charge < -0.3 is 23.4 Å². The topological polar surface area (TPSA) is 174 Å². The van der Waals surface area contributed by atoms with Crippen molar-refractivity contribution in [2.45, 2.75) is 82.9 Å². The largest absolute Gasteiger partial charge is 0.750 e. The molecule has 0 bridgehead atoms. The first-order chi connectivity index (χ1) is 30.5. The van der Waals surface area contributed by atoms with Crippen molar-refractivity contribution in [2.75, 3.05) is 26.1 Å². The number of methoxy groups -OCH3 is 2. The molecular weight excluding hydrogens is 854 g/mol. The second-order valence-electron chi connectivity index (χ2n) is 17.3. The summed E-state index contributed by atoms with van der Waals surface area (Å²) >= 11 is 0. The van der Waals surface area contributed by atoms with Crippen LogP contribution in [0.2, 0.25) is 18.1 Å². The van der Waals surface area contributed by atoms with E-state index in [1.165, 1.54) is 10.9 Å². The van der Waals surface area contributed by atoms with Gasteiger partial charge in [-0.3, -0.25) is 24.5 Å². The van der Waals surface area contributed by atoms with Crippen LogP contribution >= 0.6 is 8.25 Å². The monoisotopic (exact) mass is 908 g/mol. The Morgan fingerprint density at radius 3 is 1.95 bits per heavy atom. The van der Waals surface area contributed by atoms with Crippen LogP contribution in [0.4, 0.5) is 5.95 Å². The highest BCUT2D eigenvalue weighted by molar-refractivity contribution is 7.33. The summed E-state index contributed by atoms with van der Waals surface area (Å²) in [5.41, 5.74) is 0.676. The Balaban J connectivity index is 1.38. The third-order valence-corrected chi connectivity index (χ3v) is 17.0. The minimum Gasteiger partial charge on any atom is -0.497 e. The third kappa shape index (κ3) is 9.67. The number of imidazole rings is 1. The van der Waals surface area contributed by atoms with Crippen LogP contribution in [0, 0.1) is 5.92 Å². The maximum absolute atomic E-state index is 14.0. The number of rotatable bonds is 17. The predicted octanol–water partition coefficient (Wildman–Crippen LogP) is 9.15. The molecule has 1 amide bonds. The van der Waals surface area contributed by atoms with Crippen molar-refractivity contribution in [3.8, 4) is 17.2 Å². The Kier molecular flexibility index (Phi) is 13.8. The van der Waals surface area contributed by atoms with E-state index in [0.717, 1.165) is 16.7 Å². The van der Waals surface area contributed by atoms with Gasteiger partial charge in [-0.15, -0.1) is 4.52 Å². The van der Waals surface area contributed by atoms with Gasteiger partial charge in [0.05, 0.1) is 27.2 Å². The summed E-state index contributed by atoms with van der Waals surface area (Å²) in [4.78, 5) is 37.9. The summed E-state index contributed by atoms with van der Waals surface area (Å²) in [5, 5.41) is 2.39. The number of carbonyl (C=O) groups excluding carboxylic acids is 1. The number of hydrogen-bond donors (Lipinski definition) is 2. The molecule has 1 unspecified atom stereocenters. The van der Waals surface area contributed by atoms with Gasteiger partial charge in [0.2, 0.25) is 11.9 Å². The van der Waals surface area contributed by atoms with Crippen molar-refractivity contribution < 1.29 is 41.8 Å². The number of nitrogens with one attached hydrogen (secondary N) is 2. The first-order valence-electron chi connectivity index (χ1n) is 21.0. The number of ether oxygens (including phenoxy) is 4. The van der Waals surface area contributed by atoms with Crippen molar-refractivity contribution in [2.24, 2.45) is 5.92 Å². The highest BCUT2D eigenvalue weighted by Crippen LogP contribution is 2.47. The fourth-order valence-electron chi connectivity index (χ4n) is 7.24. The molecule has 7 rings (SSSR count). The molecule has 3 heterocycles. The fraction of sp³-hybridized carbons (Fsp3) is 0.362. The molecule has 4 aromatic carbocycles. The third-order valence-electron chi connectivity index (χ3n) is 11.8. The first-order valence-corrected chi connectivity index (χ1v) is 25.0. The van der Waals surface area contributed by atoms with Crippen LogP contribution in [0.25, 0.3) is 11.2 Å². The minimum absolute atomic E-state index is 0.0153. The minimum atomic E-state index is -2.85. The molecule has 5 atom stereocenters. The molecule has 2 N–H and O–H groups in total. The van der Waals surface area contributed by atoms with Crippen LogP contribution in [0.3, 0.4) is 0 Å². The average molecular weight is 909 g/mol. The lowest BCUT2D eigenvalue weighted by Crippen LogP contribution is -2.50. The van der Waals surface area contributed by atoms with Crippen molar-refractivity contribution in [3.05, 3.63) is 143 Å². The van der Waals surface area contributed by atoms with Crippen LogP contribution in [0.15, 0.2) is 120 Å². The number of aromatic amines is 1. The van der Waals surface area contributed by atoms with Gasteiger partial charge >= 0.3 is 8.25 Å². The SMILES string of the molecule is COc1ccc(C(OC[C@H]2O[C@@H](n3cnc4c(=O)[nH]c(NC(=O)C(C)C)nc43)[C@@H](O[P+](=O)Oc3ccccc3)[C@@H]2O[Si](C)(C)C(C)(C)C)(c2ccccc2)c2ccc(OC)cc2)cc1. The van der Waals surface area contributed by atoms with E-state index in [1.54, 1.807) is 52.3 Å². The highest BCUT2D eigenvalue weighted by atomic mass is 31.1. The highest BCUT2D eigenvalue weighted by Gasteiger charge is 2.56. The number of para-hydroxylation sites is 1. The van der Waals surface area contributed by atoms with Crippen LogP contribution in [-0.2, 0) is 33.4 Å². The summed E-state index contributed by atoms with van der Waals surface area (Å²) < 4.78 is 60.6. The Hall–Kier alpha value is -5.74. The molecule has 1 saturated heterocycles. The van der Waals surface area contributed by atoms with Crippen LogP contribution in [0.5, 0.6) is 17.2 Å². The number of H-pyrrole nitrogens is 1. The standard InChI is InChI=1S/C47H54N5O10PSi/c1-30(2)42(53)50-45-49-41-38(43(54)51-45)48-29-52(41)44-40(61-63(55)60-36-18-14-11-15-19-36)39(62-64(8,9)46(3,4)5)37(59-44)28-58-47(31-16-12-10-13-17-31,32-20-24-34(56-6)25-21-32)33-22-26-35(57-7)27-23-33/h10-27,29-30,37,39-40,44H,28H2,1-9H3,(H-,49,50,51,53,54)/p+1/t37-,39-,40+,44-/m1/s1. The number of nitrogens with zero attached hydrogens (tertiary/aromatic N) is 3. The van der Waals surface area contributed by atoms with Gasteiger partial charge in [-0.05, 0) is 71.2 Å². The molecule has 0 saturated carbocycles. The van der Waals surface area contributed by atoms with Crippen LogP contribution in [0.1, 0.15) is 57.5 Å². The molecule has 1 fully saturated rings. The van der Waals surface area contributed by atoms with E-state index in [9.17, 15) is 14.2 Å². The molecule has 1 aliphatic heterocycles. The van der Waals surface area contributed by atoms with Crippen LogP contribution < -0.4 is 24.9 Å². The Bertz CT molecular complexity index is 2550. The van der Waals surface area contributed by atoms with Crippen molar-refractivity contribution in [1.82, 2.24) is 19.5 Å². The van der Waals surface area contributed by atoms with Gasteiger partial charge in [0.25, 0.3) is 5.56 Å². The Labute approximate surface area is 374 Å². The summed E-state index contributed by atoms with van der Waals surface area (Å²) in [7, 11) is -2.32. The first kappa shape index (κ1) is 46.3. The second kappa shape index (κ2) is 19.2. The number of aromatic nitrogens is 4. The Morgan fingerprint density at radius 2 is 1.41 bits per heavy atom. The molecule has 0 radical (unpaired) electrons. The maximum Gasteiger partial charge on any atom is 0.750 e. The lowest BCUT2D eigenvalue weighted by Gasteiger charge is -2.41. The van der Waals surface area contributed by atoms with Crippen molar-refractivity contribution in [1.29, 1.82) is 0 Å². The van der Waals surface area contributed by atoms with Gasteiger partial charge in [-0.2, -0.15) is 4.98 Å².